The maximum Gasteiger partial charge on any atom is 0.120 e. The van der Waals surface area contributed by atoms with Crippen LogP contribution in [0.5, 0.6) is 0 Å². The average Bonchev–Trinajstić information content (AvgIpc) is 3.66. The fourth-order valence-electron chi connectivity index (χ4n) is 5.68. The number of furan rings is 1. The largest absolute Gasteiger partial charge is 0.501 e. The van der Waals surface area contributed by atoms with E-state index in [-0.39, 0.29) is 20.1 Å². The Kier molecular flexibility index (Phi) is 9.22. The molecule has 1 saturated carbocycles. The van der Waals surface area contributed by atoms with Crippen molar-refractivity contribution in [3.05, 3.63) is 115 Å². The van der Waals surface area contributed by atoms with Gasteiger partial charge in [-0.3, -0.25) is 0 Å². The quantitative estimate of drug-likeness (QED) is 0.133. The summed E-state index contributed by atoms with van der Waals surface area (Å²) in [5.74, 6) is 0.677. The summed E-state index contributed by atoms with van der Waals surface area (Å²) >= 11 is 0. The van der Waals surface area contributed by atoms with Crippen LogP contribution in [0.25, 0.3) is 44.5 Å². The van der Waals surface area contributed by atoms with Crippen LogP contribution in [0.3, 0.4) is 0 Å². The summed E-state index contributed by atoms with van der Waals surface area (Å²) in [5.41, 5.74) is 8.41. The van der Waals surface area contributed by atoms with Crippen LogP contribution in [0.15, 0.2) is 95.7 Å². The molecule has 1 fully saturated rings. The maximum absolute atomic E-state index is 6.32. The number of hydrogen-bond acceptors (Lipinski definition) is 3. The van der Waals surface area contributed by atoms with Crippen molar-refractivity contribution in [1.82, 2.24) is 9.97 Å². The Morgan fingerprint density at radius 1 is 0.810 bits per heavy atom. The third kappa shape index (κ3) is 6.49. The molecule has 1 aliphatic carbocycles. The molecule has 5 heteroatoms. The monoisotopic (exact) mass is 745 g/mol. The van der Waals surface area contributed by atoms with Gasteiger partial charge < -0.3 is 14.4 Å². The van der Waals surface area contributed by atoms with Gasteiger partial charge in [0.15, 0.2) is 0 Å². The van der Waals surface area contributed by atoms with Gasteiger partial charge in [-0.2, -0.15) is 0 Å². The van der Waals surface area contributed by atoms with Gasteiger partial charge in [0.05, 0.1) is 13.7 Å². The minimum absolute atomic E-state index is 0. The fraction of sp³-hybridized carbons (Fsp3) is 0.243. The zero-order chi connectivity index (χ0) is 28.4. The van der Waals surface area contributed by atoms with E-state index in [2.05, 4.69) is 84.2 Å². The van der Waals surface area contributed by atoms with Crippen molar-refractivity contribution >= 4 is 35.2 Å². The van der Waals surface area contributed by atoms with Crippen LogP contribution in [0.2, 0.25) is 19.6 Å². The summed E-state index contributed by atoms with van der Waals surface area (Å²) in [4.78, 5) is 8.99. The molecule has 6 aromatic rings. The van der Waals surface area contributed by atoms with Crippen molar-refractivity contribution in [1.29, 1.82) is 0 Å². The van der Waals surface area contributed by atoms with E-state index < -0.39 is 8.07 Å². The molecule has 3 aromatic carbocycles. The smallest absolute Gasteiger partial charge is 0.120 e. The Labute approximate surface area is 263 Å². The molecule has 1 radical (unpaired) electrons. The van der Waals surface area contributed by atoms with Gasteiger partial charge in [-0.05, 0) is 54.8 Å². The summed E-state index contributed by atoms with van der Waals surface area (Å²) in [7, 11) is -1.37. The molecule has 0 bridgehead atoms. The third-order valence-corrected chi connectivity index (χ3v) is 10.1. The van der Waals surface area contributed by atoms with Gasteiger partial charge in [0.1, 0.15) is 5.58 Å². The normalized spacial score (nSPS) is 13.5. The zero-order valence-electron chi connectivity index (χ0n) is 24.7. The molecular formula is C37H36IrN2OSi-2. The van der Waals surface area contributed by atoms with Crippen LogP contribution >= 0.6 is 0 Å². The number of benzene rings is 3. The van der Waals surface area contributed by atoms with E-state index in [1.54, 1.807) is 0 Å². The minimum atomic E-state index is -1.37. The van der Waals surface area contributed by atoms with E-state index in [9.17, 15) is 0 Å². The van der Waals surface area contributed by atoms with Crippen molar-refractivity contribution in [3.8, 4) is 22.5 Å². The first kappa shape index (κ1) is 30.1. The Balaban J connectivity index is 0.000000212. The minimum Gasteiger partial charge on any atom is -0.501 e. The zero-order valence-corrected chi connectivity index (χ0v) is 28.1. The summed E-state index contributed by atoms with van der Waals surface area (Å²) in [6, 6.07) is 33.7. The van der Waals surface area contributed by atoms with Crippen molar-refractivity contribution in [3.63, 3.8) is 0 Å². The molecule has 3 heterocycles. The number of fused-ring (bicyclic) bond motifs is 3. The van der Waals surface area contributed by atoms with E-state index in [1.807, 2.05) is 55.7 Å². The van der Waals surface area contributed by atoms with Crippen molar-refractivity contribution in [2.75, 3.05) is 0 Å². The number of rotatable bonds is 4. The number of aromatic nitrogens is 2. The second-order valence-electron chi connectivity index (χ2n) is 12.1. The Morgan fingerprint density at radius 2 is 1.64 bits per heavy atom. The summed E-state index contributed by atoms with van der Waals surface area (Å²) in [5, 5.41) is 3.83. The van der Waals surface area contributed by atoms with Crippen molar-refractivity contribution < 1.29 is 24.5 Å². The molecule has 0 saturated heterocycles. The van der Waals surface area contributed by atoms with Crippen LogP contribution in [-0.4, -0.2) is 18.0 Å². The second-order valence-corrected chi connectivity index (χ2v) is 17.2. The van der Waals surface area contributed by atoms with Gasteiger partial charge >= 0.3 is 0 Å². The molecule has 1 aliphatic rings. The van der Waals surface area contributed by atoms with E-state index in [0.717, 1.165) is 39.1 Å². The SMILES string of the molecule is C[Si](C)(C)c1ccc2oc3c(-c4cc(C5CCCC5)ccn4)[c-]ccc3c2c1.Cc1ccc(-c2[c-]cccc2)nc1.[Ir]. The molecule has 215 valence electrons. The average molecular weight is 745 g/mol. The molecule has 0 unspecified atom stereocenters. The molecule has 0 atom stereocenters. The van der Waals surface area contributed by atoms with Gasteiger partial charge in [-0.1, -0.05) is 84.5 Å². The molecule has 3 aromatic heterocycles. The fourth-order valence-corrected chi connectivity index (χ4v) is 6.84. The van der Waals surface area contributed by atoms with Gasteiger partial charge in [0.25, 0.3) is 0 Å². The van der Waals surface area contributed by atoms with Crippen LogP contribution in [0.1, 0.15) is 42.7 Å². The predicted molar refractivity (Wildman–Crippen MR) is 173 cm³/mol. The van der Waals surface area contributed by atoms with Crippen LogP contribution in [0, 0.1) is 19.1 Å². The van der Waals surface area contributed by atoms with Gasteiger partial charge in [0.2, 0.25) is 0 Å². The molecule has 7 rings (SSSR count). The molecule has 0 aliphatic heterocycles. The predicted octanol–water partition coefficient (Wildman–Crippen LogP) is 9.51. The number of nitrogens with zero attached hydrogens (tertiary/aromatic N) is 2. The molecule has 0 N–H and O–H groups in total. The molecular weight excluding hydrogens is 709 g/mol. The van der Waals surface area contributed by atoms with Gasteiger partial charge in [-0.25, -0.2) is 0 Å². The molecule has 0 spiro atoms. The molecule has 3 nitrogen and oxygen atoms in total. The molecule has 42 heavy (non-hydrogen) atoms. The topological polar surface area (TPSA) is 38.9 Å². The van der Waals surface area contributed by atoms with Gasteiger partial charge in [0, 0.05) is 37.9 Å². The third-order valence-electron chi connectivity index (χ3n) is 8.06. The number of hydrogen-bond donors (Lipinski definition) is 0. The Morgan fingerprint density at radius 3 is 2.36 bits per heavy atom. The summed E-state index contributed by atoms with van der Waals surface area (Å²) < 4.78 is 6.32. The van der Waals surface area contributed by atoms with Crippen molar-refractivity contribution in [2.24, 2.45) is 0 Å². The first-order valence-electron chi connectivity index (χ1n) is 14.6. The van der Waals surface area contributed by atoms with E-state index >= 15 is 0 Å². The van der Waals surface area contributed by atoms with Crippen LogP contribution < -0.4 is 5.19 Å². The Hall–Kier alpha value is -3.37. The number of aryl methyl sites for hydroxylation is 1. The van der Waals surface area contributed by atoms with Gasteiger partial charge in [-0.15, -0.1) is 54.1 Å². The van der Waals surface area contributed by atoms with Crippen molar-refractivity contribution in [2.45, 2.75) is 58.2 Å². The van der Waals surface area contributed by atoms with Crippen LogP contribution in [-0.2, 0) is 20.1 Å². The first-order chi connectivity index (χ1) is 19.9. The van der Waals surface area contributed by atoms with Crippen LogP contribution in [0.4, 0.5) is 0 Å². The van der Waals surface area contributed by atoms with E-state index in [0.29, 0.717) is 5.92 Å². The maximum atomic E-state index is 6.32. The standard InChI is InChI=1S/C25H26NOSi.C12H10N.Ir/c1-28(2,3)19-11-12-24-22(16-19)20-9-6-10-21(25(20)27-24)23-15-18(13-14-26-23)17-7-4-5-8-17;1-10-7-8-12(13-9-10)11-5-3-2-4-6-11;/h6,9,11-17H,4-5,7-8H2,1-3H3;2-5,7-9H,1H3;/q2*-1;. The summed E-state index contributed by atoms with van der Waals surface area (Å²) in [6.07, 6.45) is 9.08. The Bertz CT molecular complexity index is 1780. The first-order valence-corrected chi connectivity index (χ1v) is 18.1. The molecule has 0 amide bonds. The van der Waals surface area contributed by atoms with E-state index in [1.165, 1.54) is 47.4 Å². The number of pyridine rings is 2. The van der Waals surface area contributed by atoms with E-state index in [4.69, 9.17) is 4.42 Å². The second kappa shape index (κ2) is 12.9. The summed E-state index contributed by atoms with van der Waals surface area (Å²) in [6.45, 7) is 9.18.